The second-order valence-electron chi connectivity index (χ2n) is 3.07. The van der Waals surface area contributed by atoms with E-state index < -0.39 is 10.8 Å². The van der Waals surface area contributed by atoms with Gasteiger partial charge < -0.3 is 0 Å². The van der Waals surface area contributed by atoms with Crippen LogP contribution in [0.5, 0.6) is 0 Å². The van der Waals surface area contributed by atoms with Gasteiger partial charge in [-0.25, -0.2) is 0 Å². The van der Waals surface area contributed by atoms with Crippen molar-refractivity contribution in [3.8, 4) is 0 Å². The summed E-state index contributed by atoms with van der Waals surface area (Å²) in [6.07, 6.45) is 0. The Morgan fingerprint density at radius 2 is 2.14 bits per heavy atom. The quantitative estimate of drug-likeness (QED) is 0.779. The highest BCUT2D eigenvalue weighted by Crippen LogP contribution is 2.17. The Morgan fingerprint density at radius 3 is 2.71 bits per heavy atom. The molecule has 1 aromatic rings. The zero-order chi connectivity index (χ0) is 9.97. The predicted molar refractivity (Wildman–Crippen MR) is 58.1 cm³/mol. The SMILES string of the molecule is O=S1CCN(Cc2nnc(Cl)s2)CC1. The molecule has 0 spiro atoms. The molecule has 1 fully saturated rings. The van der Waals surface area contributed by atoms with Crippen molar-refractivity contribution in [2.24, 2.45) is 0 Å². The van der Waals surface area contributed by atoms with Gasteiger partial charge in [0.2, 0.25) is 4.47 Å². The molecule has 0 bridgehead atoms. The number of halogens is 1. The topological polar surface area (TPSA) is 46.1 Å². The van der Waals surface area contributed by atoms with E-state index in [1.165, 1.54) is 11.3 Å². The van der Waals surface area contributed by atoms with E-state index in [-0.39, 0.29) is 0 Å². The Morgan fingerprint density at radius 1 is 1.43 bits per heavy atom. The number of hydrogen-bond acceptors (Lipinski definition) is 5. The van der Waals surface area contributed by atoms with Crippen molar-refractivity contribution in [1.29, 1.82) is 0 Å². The van der Waals surface area contributed by atoms with Crippen LogP contribution < -0.4 is 0 Å². The van der Waals surface area contributed by atoms with Crippen LogP contribution in [0, 0.1) is 0 Å². The Labute approximate surface area is 93.7 Å². The second kappa shape index (κ2) is 4.65. The second-order valence-corrected chi connectivity index (χ2v) is 6.41. The zero-order valence-corrected chi connectivity index (χ0v) is 9.87. The van der Waals surface area contributed by atoms with Gasteiger partial charge in [0.25, 0.3) is 0 Å². The molecule has 14 heavy (non-hydrogen) atoms. The van der Waals surface area contributed by atoms with E-state index in [0.29, 0.717) is 4.47 Å². The Bertz CT molecular complexity index is 333. The van der Waals surface area contributed by atoms with E-state index in [0.717, 1.165) is 36.1 Å². The third-order valence-corrected chi connectivity index (χ3v) is 4.35. The third kappa shape index (κ3) is 2.73. The lowest BCUT2D eigenvalue weighted by atomic mass is 10.5. The average molecular weight is 252 g/mol. The van der Waals surface area contributed by atoms with Crippen LogP contribution in [-0.2, 0) is 17.3 Å². The smallest absolute Gasteiger partial charge is 0.207 e. The van der Waals surface area contributed by atoms with Gasteiger partial charge in [-0.2, -0.15) is 0 Å². The van der Waals surface area contributed by atoms with Crippen molar-refractivity contribution in [3.05, 3.63) is 9.47 Å². The highest BCUT2D eigenvalue weighted by Gasteiger charge is 2.16. The van der Waals surface area contributed by atoms with Crippen LogP contribution in [0.15, 0.2) is 0 Å². The van der Waals surface area contributed by atoms with Crippen LogP contribution in [0.1, 0.15) is 5.01 Å². The molecular formula is C7H10ClN3OS2. The molecule has 7 heteroatoms. The van der Waals surface area contributed by atoms with Crippen molar-refractivity contribution < 1.29 is 4.21 Å². The molecule has 1 aliphatic rings. The highest BCUT2D eigenvalue weighted by atomic mass is 35.5. The standard InChI is InChI=1S/C7H10ClN3OS2/c8-7-10-9-6(13-7)5-11-1-3-14(12)4-2-11/h1-5H2. The molecule has 0 aliphatic carbocycles. The third-order valence-electron chi connectivity index (χ3n) is 2.07. The van der Waals surface area contributed by atoms with E-state index in [2.05, 4.69) is 15.1 Å². The fraction of sp³-hybridized carbons (Fsp3) is 0.714. The normalized spacial score (nSPS) is 20.1. The summed E-state index contributed by atoms with van der Waals surface area (Å²) in [7, 11) is -0.614. The number of rotatable bonds is 2. The summed E-state index contributed by atoms with van der Waals surface area (Å²) in [4.78, 5) is 2.23. The Kier molecular flexibility index (Phi) is 3.48. The molecule has 78 valence electrons. The molecule has 0 saturated carbocycles. The molecule has 1 aromatic heterocycles. The molecule has 0 radical (unpaired) electrons. The first-order valence-electron chi connectivity index (χ1n) is 4.29. The van der Waals surface area contributed by atoms with Crippen molar-refractivity contribution in [1.82, 2.24) is 15.1 Å². The summed E-state index contributed by atoms with van der Waals surface area (Å²) in [6, 6.07) is 0. The van der Waals surface area contributed by atoms with Gasteiger partial charge in [-0.3, -0.25) is 9.11 Å². The predicted octanol–water partition coefficient (Wildman–Crippen LogP) is 0.756. The maximum atomic E-state index is 11.1. The molecule has 1 aliphatic heterocycles. The lowest BCUT2D eigenvalue weighted by Gasteiger charge is -2.24. The molecule has 0 aromatic carbocycles. The van der Waals surface area contributed by atoms with Gasteiger partial charge in [0, 0.05) is 35.4 Å². The van der Waals surface area contributed by atoms with Crippen molar-refractivity contribution >= 4 is 33.7 Å². The first-order chi connectivity index (χ1) is 6.74. The molecule has 2 rings (SSSR count). The van der Waals surface area contributed by atoms with Crippen molar-refractivity contribution in [2.45, 2.75) is 6.54 Å². The minimum Gasteiger partial charge on any atom is -0.295 e. The van der Waals surface area contributed by atoms with E-state index >= 15 is 0 Å². The monoisotopic (exact) mass is 251 g/mol. The minimum atomic E-state index is -0.614. The first kappa shape index (κ1) is 10.5. The summed E-state index contributed by atoms with van der Waals surface area (Å²) in [5.41, 5.74) is 0. The molecule has 0 N–H and O–H groups in total. The van der Waals surface area contributed by atoms with Gasteiger partial charge in [-0.1, -0.05) is 11.3 Å². The van der Waals surface area contributed by atoms with Gasteiger partial charge in [-0.15, -0.1) is 10.2 Å². The molecule has 0 unspecified atom stereocenters. The van der Waals surface area contributed by atoms with E-state index in [1.807, 2.05) is 0 Å². The van der Waals surface area contributed by atoms with Crippen LogP contribution in [0.3, 0.4) is 0 Å². The van der Waals surface area contributed by atoms with Crippen LogP contribution >= 0.6 is 22.9 Å². The highest BCUT2D eigenvalue weighted by molar-refractivity contribution is 7.85. The zero-order valence-electron chi connectivity index (χ0n) is 7.48. The van der Waals surface area contributed by atoms with Crippen molar-refractivity contribution in [2.75, 3.05) is 24.6 Å². The number of nitrogens with zero attached hydrogens (tertiary/aromatic N) is 3. The number of aromatic nitrogens is 2. The molecule has 0 amide bonds. The minimum absolute atomic E-state index is 0.487. The molecule has 4 nitrogen and oxygen atoms in total. The van der Waals surface area contributed by atoms with Crippen LogP contribution in [0.2, 0.25) is 4.47 Å². The maximum absolute atomic E-state index is 11.1. The first-order valence-corrected chi connectivity index (χ1v) is 6.97. The molecular weight excluding hydrogens is 242 g/mol. The van der Waals surface area contributed by atoms with Gasteiger partial charge in [-0.05, 0) is 11.6 Å². The van der Waals surface area contributed by atoms with Crippen LogP contribution in [0.25, 0.3) is 0 Å². The van der Waals surface area contributed by atoms with E-state index in [4.69, 9.17) is 11.6 Å². The number of hydrogen-bond donors (Lipinski definition) is 0. The van der Waals surface area contributed by atoms with E-state index in [1.54, 1.807) is 0 Å². The van der Waals surface area contributed by atoms with Crippen LogP contribution in [0.4, 0.5) is 0 Å². The van der Waals surface area contributed by atoms with Crippen LogP contribution in [-0.4, -0.2) is 43.9 Å². The Balaban J connectivity index is 1.89. The fourth-order valence-electron chi connectivity index (χ4n) is 1.32. The lowest BCUT2D eigenvalue weighted by Crippen LogP contribution is -2.37. The largest absolute Gasteiger partial charge is 0.295 e. The molecule has 0 atom stereocenters. The molecule has 2 heterocycles. The lowest BCUT2D eigenvalue weighted by molar-refractivity contribution is 0.290. The van der Waals surface area contributed by atoms with Gasteiger partial charge >= 0.3 is 0 Å². The van der Waals surface area contributed by atoms with Gasteiger partial charge in [0.1, 0.15) is 5.01 Å². The summed E-state index contributed by atoms with van der Waals surface area (Å²) in [5, 5.41) is 8.63. The van der Waals surface area contributed by atoms with Crippen molar-refractivity contribution in [3.63, 3.8) is 0 Å². The maximum Gasteiger partial charge on any atom is 0.207 e. The van der Waals surface area contributed by atoms with Gasteiger partial charge in [0.15, 0.2) is 0 Å². The average Bonchev–Trinajstić information content (AvgIpc) is 2.56. The summed E-state index contributed by atoms with van der Waals surface area (Å²) in [6.45, 7) is 2.54. The Hall–Kier alpha value is -0.0400. The van der Waals surface area contributed by atoms with E-state index in [9.17, 15) is 4.21 Å². The fourth-order valence-corrected chi connectivity index (χ4v) is 3.36. The molecule has 1 saturated heterocycles. The summed E-state index contributed by atoms with van der Waals surface area (Å²) >= 11 is 7.09. The summed E-state index contributed by atoms with van der Waals surface area (Å²) in [5.74, 6) is 1.54. The van der Waals surface area contributed by atoms with Gasteiger partial charge in [0.05, 0.1) is 6.54 Å². The summed E-state index contributed by atoms with van der Waals surface area (Å²) < 4.78 is 11.6.